The van der Waals surface area contributed by atoms with E-state index in [2.05, 4.69) is 44.8 Å². The molecule has 0 aromatic heterocycles. The van der Waals surface area contributed by atoms with Crippen molar-refractivity contribution < 1.29 is 4.74 Å². The molecule has 2 fully saturated rings. The van der Waals surface area contributed by atoms with Gasteiger partial charge >= 0.3 is 0 Å². The molecule has 3 heteroatoms. The molecule has 0 aliphatic carbocycles. The third-order valence-electron chi connectivity index (χ3n) is 3.94. The summed E-state index contributed by atoms with van der Waals surface area (Å²) in [6, 6.07) is 0.500. The summed E-state index contributed by atoms with van der Waals surface area (Å²) in [4.78, 5) is 0. The van der Waals surface area contributed by atoms with Crippen LogP contribution in [0.4, 0.5) is 0 Å². The Bertz CT molecular complexity index is 259. The van der Waals surface area contributed by atoms with E-state index in [0.29, 0.717) is 6.04 Å². The Labute approximate surface area is 110 Å². The third kappa shape index (κ3) is 3.62. The Morgan fingerprint density at radius 1 is 1.24 bits per heavy atom. The standard InChI is InChI=1S/C14H27NOS/c1-13(2)9-12(14(3,4)16-13)15-10-11-7-5-6-8-17-11/h11-12,15H,5-10H2,1-4H3. The predicted molar refractivity (Wildman–Crippen MR) is 75.7 cm³/mol. The molecule has 0 spiro atoms. The molecule has 1 N–H and O–H groups in total. The van der Waals surface area contributed by atoms with Crippen LogP contribution in [0.15, 0.2) is 0 Å². The van der Waals surface area contributed by atoms with Crippen LogP contribution in [0.5, 0.6) is 0 Å². The first-order chi connectivity index (χ1) is 7.89. The van der Waals surface area contributed by atoms with Crippen molar-refractivity contribution in [3.05, 3.63) is 0 Å². The predicted octanol–water partition coefficient (Wildman–Crippen LogP) is 3.21. The lowest BCUT2D eigenvalue weighted by molar-refractivity contribution is -0.0697. The zero-order valence-corrected chi connectivity index (χ0v) is 12.5. The third-order valence-corrected chi connectivity index (χ3v) is 5.34. The monoisotopic (exact) mass is 257 g/mol. The molecule has 17 heavy (non-hydrogen) atoms. The Balaban J connectivity index is 1.82. The lowest BCUT2D eigenvalue weighted by Crippen LogP contribution is -2.45. The van der Waals surface area contributed by atoms with E-state index in [0.717, 1.165) is 18.2 Å². The molecule has 2 aliphatic rings. The largest absolute Gasteiger partial charge is 0.368 e. The maximum Gasteiger partial charge on any atom is 0.0787 e. The molecule has 2 saturated heterocycles. The molecule has 0 bridgehead atoms. The molecule has 100 valence electrons. The molecule has 2 aliphatic heterocycles. The van der Waals surface area contributed by atoms with Crippen molar-refractivity contribution >= 4 is 11.8 Å². The lowest BCUT2D eigenvalue weighted by Gasteiger charge is -2.30. The molecule has 0 saturated carbocycles. The van der Waals surface area contributed by atoms with Gasteiger partial charge in [-0.25, -0.2) is 0 Å². The summed E-state index contributed by atoms with van der Waals surface area (Å²) >= 11 is 2.14. The summed E-state index contributed by atoms with van der Waals surface area (Å²) in [5, 5.41) is 4.57. The van der Waals surface area contributed by atoms with Crippen molar-refractivity contribution in [2.45, 2.75) is 75.9 Å². The fraction of sp³-hybridized carbons (Fsp3) is 1.00. The van der Waals surface area contributed by atoms with Crippen LogP contribution in [0.1, 0.15) is 53.4 Å². The highest BCUT2D eigenvalue weighted by molar-refractivity contribution is 7.99. The van der Waals surface area contributed by atoms with Gasteiger partial charge in [0.05, 0.1) is 11.2 Å². The molecular weight excluding hydrogens is 230 g/mol. The number of ether oxygens (including phenoxy) is 1. The molecule has 2 nitrogen and oxygen atoms in total. The van der Waals surface area contributed by atoms with E-state index >= 15 is 0 Å². The summed E-state index contributed by atoms with van der Waals surface area (Å²) in [7, 11) is 0. The summed E-state index contributed by atoms with van der Waals surface area (Å²) in [5.41, 5.74) is 0.00368. The summed E-state index contributed by atoms with van der Waals surface area (Å²) in [6.45, 7) is 9.98. The summed E-state index contributed by atoms with van der Waals surface area (Å²) in [5.74, 6) is 1.35. The lowest BCUT2D eigenvalue weighted by atomic mass is 9.94. The zero-order chi connectivity index (χ0) is 12.5. The van der Waals surface area contributed by atoms with Crippen molar-refractivity contribution in [3.8, 4) is 0 Å². The van der Waals surface area contributed by atoms with Crippen LogP contribution in [0.2, 0.25) is 0 Å². The minimum absolute atomic E-state index is 0.0250. The fourth-order valence-corrected chi connectivity index (χ4v) is 4.37. The molecular formula is C14H27NOS. The first-order valence-corrected chi connectivity index (χ1v) is 7.99. The normalized spacial score (nSPS) is 36.0. The summed E-state index contributed by atoms with van der Waals surface area (Å²) in [6.07, 6.45) is 5.33. The van der Waals surface area contributed by atoms with E-state index in [-0.39, 0.29) is 11.2 Å². The van der Waals surface area contributed by atoms with E-state index in [1.54, 1.807) is 0 Å². The average Bonchev–Trinajstić information content (AvgIpc) is 2.45. The van der Waals surface area contributed by atoms with Gasteiger partial charge in [0.1, 0.15) is 0 Å². The molecule has 2 unspecified atom stereocenters. The average molecular weight is 257 g/mol. The second kappa shape index (κ2) is 5.10. The van der Waals surface area contributed by atoms with Crippen LogP contribution in [0.25, 0.3) is 0 Å². The van der Waals surface area contributed by atoms with Gasteiger partial charge in [0.15, 0.2) is 0 Å². The SMILES string of the molecule is CC1(C)CC(NCC2CCCCS2)C(C)(C)O1. The molecule has 2 rings (SSSR count). The Hall–Kier alpha value is 0.270. The van der Waals surface area contributed by atoms with Crippen molar-refractivity contribution in [2.24, 2.45) is 0 Å². The van der Waals surface area contributed by atoms with E-state index in [9.17, 15) is 0 Å². The smallest absolute Gasteiger partial charge is 0.0787 e. The maximum atomic E-state index is 6.12. The van der Waals surface area contributed by atoms with Gasteiger partial charge in [-0.1, -0.05) is 6.42 Å². The van der Waals surface area contributed by atoms with Gasteiger partial charge in [-0.15, -0.1) is 0 Å². The second-order valence-electron chi connectivity index (χ2n) is 6.62. The minimum atomic E-state index is -0.0250. The van der Waals surface area contributed by atoms with E-state index in [1.807, 2.05) is 0 Å². The Morgan fingerprint density at radius 2 is 2.00 bits per heavy atom. The highest BCUT2D eigenvalue weighted by Crippen LogP contribution is 2.37. The number of rotatable bonds is 3. The van der Waals surface area contributed by atoms with Gasteiger partial charge in [-0.2, -0.15) is 11.8 Å². The molecule has 0 amide bonds. The van der Waals surface area contributed by atoms with Crippen molar-refractivity contribution in [1.29, 1.82) is 0 Å². The van der Waals surface area contributed by atoms with Crippen LogP contribution in [0, 0.1) is 0 Å². The van der Waals surface area contributed by atoms with Gasteiger partial charge in [0.25, 0.3) is 0 Å². The highest BCUT2D eigenvalue weighted by atomic mass is 32.2. The Kier molecular flexibility index (Phi) is 4.11. The number of nitrogens with one attached hydrogen (secondary N) is 1. The first kappa shape index (κ1) is 13.7. The van der Waals surface area contributed by atoms with Crippen molar-refractivity contribution in [3.63, 3.8) is 0 Å². The number of hydrogen-bond donors (Lipinski definition) is 1. The fourth-order valence-electron chi connectivity index (χ4n) is 3.12. The van der Waals surface area contributed by atoms with Crippen LogP contribution in [-0.2, 0) is 4.74 Å². The van der Waals surface area contributed by atoms with E-state index < -0.39 is 0 Å². The molecule has 0 aromatic rings. The highest BCUT2D eigenvalue weighted by Gasteiger charge is 2.45. The minimum Gasteiger partial charge on any atom is -0.368 e. The van der Waals surface area contributed by atoms with E-state index in [4.69, 9.17) is 4.74 Å². The summed E-state index contributed by atoms with van der Waals surface area (Å²) < 4.78 is 6.12. The van der Waals surface area contributed by atoms with Crippen molar-refractivity contribution in [1.82, 2.24) is 5.32 Å². The zero-order valence-electron chi connectivity index (χ0n) is 11.7. The number of hydrogen-bond acceptors (Lipinski definition) is 3. The van der Waals surface area contributed by atoms with Gasteiger partial charge in [0, 0.05) is 17.8 Å². The molecule has 0 aromatic carbocycles. The molecule has 2 atom stereocenters. The van der Waals surface area contributed by atoms with Gasteiger partial charge in [-0.05, 0) is 52.7 Å². The van der Waals surface area contributed by atoms with Gasteiger partial charge in [0.2, 0.25) is 0 Å². The molecule has 0 radical (unpaired) electrons. The Morgan fingerprint density at radius 3 is 2.53 bits per heavy atom. The first-order valence-electron chi connectivity index (χ1n) is 6.94. The molecule has 2 heterocycles. The second-order valence-corrected chi connectivity index (χ2v) is 8.03. The number of thioether (sulfide) groups is 1. The van der Waals surface area contributed by atoms with Crippen molar-refractivity contribution in [2.75, 3.05) is 12.3 Å². The van der Waals surface area contributed by atoms with Crippen LogP contribution in [0.3, 0.4) is 0 Å². The topological polar surface area (TPSA) is 21.3 Å². The quantitative estimate of drug-likeness (QED) is 0.839. The van der Waals surface area contributed by atoms with Crippen LogP contribution < -0.4 is 5.32 Å². The van der Waals surface area contributed by atoms with Crippen LogP contribution >= 0.6 is 11.8 Å². The van der Waals surface area contributed by atoms with Gasteiger partial charge < -0.3 is 10.1 Å². The van der Waals surface area contributed by atoms with Gasteiger partial charge in [-0.3, -0.25) is 0 Å². The maximum absolute atomic E-state index is 6.12. The van der Waals surface area contributed by atoms with E-state index in [1.165, 1.54) is 25.0 Å². The van der Waals surface area contributed by atoms with Crippen LogP contribution in [-0.4, -0.2) is 34.8 Å².